The maximum absolute atomic E-state index is 10.9. The Morgan fingerprint density at radius 1 is 1.35 bits per heavy atom. The Kier molecular flexibility index (Phi) is 3.19. The van der Waals surface area contributed by atoms with Gasteiger partial charge in [-0.2, -0.15) is 0 Å². The number of benzene rings is 1. The number of carboxylic acids is 1. The zero-order valence-electron chi connectivity index (χ0n) is 9.31. The molecular weight excluding hydrogens is 222 g/mol. The molecule has 5 nitrogen and oxygen atoms in total. The SMILES string of the molecule is O=C(O)c1cc(CC2CCCN2)c(O)cc1O. The molecule has 0 aromatic heterocycles. The van der Waals surface area contributed by atoms with Crippen molar-refractivity contribution in [2.75, 3.05) is 6.54 Å². The molecule has 1 aliphatic rings. The number of carboxylic acid groups (broad SMARTS) is 1. The van der Waals surface area contributed by atoms with E-state index in [0.717, 1.165) is 25.5 Å². The van der Waals surface area contributed by atoms with Crippen molar-refractivity contribution in [3.05, 3.63) is 23.3 Å². The van der Waals surface area contributed by atoms with Gasteiger partial charge in [-0.25, -0.2) is 4.79 Å². The van der Waals surface area contributed by atoms with Crippen LogP contribution in [-0.2, 0) is 6.42 Å². The van der Waals surface area contributed by atoms with Crippen LogP contribution in [0.2, 0.25) is 0 Å². The Morgan fingerprint density at radius 2 is 2.12 bits per heavy atom. The van der Waals surface area contributed by atoms with E-state index in [9.17, 15) is 15.0 Å². The first kappa shape index (κ1) is 11.7. The normalized spacial score (nSPS) is 19.4. The molecule has 92 valence electrons. The number of phenolic OH excluding ortho intramolecular Hbond substituents is 1. The monoisotopic (exact) mass is 237 g/mol. The maximum atomic E-state index is 10.9. The van der Waals surface area contributed by atoms with E-state index in [1.165, 1.54) is 6.07 Å². The van der Waals surface area contributed by atoms with Gasteiger partial charge in [-0.1, -0.05) is 0 Å². The van der Waals surface area contributed by atoms with E-state index < -0.39 is 11.7 Å². The van der Waals surface area contributed by atoms with Crippen molar-refractivity contribution in [1.82, 2.24) is 5.32 Å². The van der Waals surface area contributed by atoms with Crippen molar-refractivity contribution < 1.29 is 20.1 Å². The van der Waals surface area contributed by atoms with Crippen LogP contribution in [0.15, 0.2) is 12.1 Å². The Bertz CT molecular complexity index is 438. The molecule has 1 saturated heterocycles. The summed E-state index contributed by atoms with van der Waals surface area (Å²) in [5, 5.41) is 31.2. The molecule has 1 atom stereocenters. The molecule has 2 rings (SSSR count). The van der Waals surface area contributed by atoms with Crippen LogP contribution < -0.4 is 5.32 Å². The average molecular weight is 237 g/mol. The van der Waals surface area contributed by atoms with E-state index in [4.69, 9.17) is 5.11 Å². The van der Waals surface area contributed by atoms with E-state index in [-0.39, 0.29) is 17.4 Å². The molecule has 0 aliphatic carbocycles. The van der Waals surface area contributed by atoms with Gasteiger partial charge in [-0.05, 0) is 37.4 Å². The zero-order valence-corrected chi connectivity index (χ0v) is 9.31. The third-order valence-corrected chi connectivity index (χ3v) is 3.06. The molecule has 1 unspecified atom stereocenters. The quantitative estimate of drug-likeness (QED) is 0.632. The minimum absolute atomic E-state index is 0.0544. The first-order valence-corrected chi connectivity index (χ1v) is 5.59. The molecular formula is C12H15NO4. The number of carbonyl (C=O) groups is 1. The van der Waals surface area contributed by atoms with Gasteiger partial charge < -0.3 is 20.6 Å². The molecule has 0 amide bonds. The van der Waals surface area contributed by atoms with Crippen molar-refractivity contribution >= 4 is 5.97 Å². The lowest BCUT2D eigenvalue weighted by Crippen LogP contribution is -2.23. The summed E-state index contributed by atoms with van der Waals surface area (Å²) in [5.74, 6) is -1.65. The van der Waals surface area contributed by atoms with E-state index in [0.29, 0.717) is 12.0 Å². The number of hydrogen-bond acceptors (Lipinski definition) is 4. The van der Waals surface area contributed by atoms with Crippen LogP contribution in [0, 0.1) is 0 Å². The van der Waals surface area contributed by atoms with Gasteiger partial charge in [0.25, 0.3) is 0 Å². The summed E-state index contributed by atoms with van der Waals surface area (Å²) >= 11 is 0. The summed E-state index contributed by atoms with van der Waals surface area (Å²) in [6.07, 6.45) is 2.68. The lowest BCUT2D eigenvalue weighted by atomic mass is 10.0. The van der Waals surface area contributed by atoms with Crippen molar-refractivity contribution in [3.63, 3.8) is 0 Å². The van der Waals surface area contributed by atoms with Crippen LogP contribution in [0.5, 0.6) is 11.5 Å². The number of rotatable bonds is 3. The van der Waals surface area contributed by atoms with Gasteiger partial charge in [0.15, 0.2) is 0 Å². The number of phenols is 2. The highest BCUT2D eigenvalue weighted by Gasteiger charge is 2.19. The van der Waals surface area contributed by atoms with Crippen LogP contribution in [0.4, 0.5) is 0 Å². The van der Waals surface area contributed by atoms with Crippen molar-refractivity contribution in [2.24, 2.45) is 0 Å². The lowest BCUT2D eigenvalue weighted by Gasteiger charge is -2.12. The minimum atomic E-state index is -1.19. The summed E-state index contributed by atoms with van der Waals surface area (Å²) in [6, 6.07) is 2.70. The topological polar surface area (TPSA) is 89.8 Å². The molecule has 1 fully saturated rings. The molecule has 1 aromatic carbocycles. The molecule has 5 heteroatoms. The second kappa shape index (κ2) is 4.63. The minimum Gasteiger partial charge on any atom is -0.508 e. The summed E-state index contributed by atoms with van der Waals surface area (Å²) in [4.78, 5) is 10.9. The fourth-order valence-corrected chi connectivity index (χ4v) is 2.15. The highest BCUT2D eigenvalue weighted by atomic mass is 16.4. The van der Waals surface area contributed by atoms with E-state index >= 15 is 0 Å². The number of nitrogens with one attached hydrogen (secondary N) is 1. The average Bonchev–Trinajstić information content (AvgIpc) is 2.74. The standard InChI is InChI=1S/C12H15NO4/c14-10-6-11(15)9(12(16)17)5-7(10)4-8-2-1-3-13-8/h5-6,8,13-15H,1-4H2,(H,16,17). The highest BCUT2D eigenvalue weighted by molar-refractivity contribution is 5.91. The summed E-state index contributed by atoms with van der Waals surface area (Å²) in [6.45, 7) is 0.954. The van der Waals surface area contributed by atoms with Gasteiger partial charge in [0.1, 0.15) is 17.1 Å². The first-order valence-electron chi connectivity index (χ1n) is 5.59. The van der Waals surface area contributed by atoms with E-state index in [1.54, 1.807) is 0 Å². The number of aromatic carboxylic acids is 1. The van der Waals surface area contributed by atoms with Crippen LogP contribution >= 0.6 is 0 Å². The largest absolute Gasteiger partial charge is 0.508 e. The van der Waals surface area contributed by atoms with Crippen LogP contribution in [0.3, 0.4) is 0 Å². The van der Waals surface area contributed by atoms with Gasteiger partial charge in [-0.15, -0.1) is 0 Å². The maximum Gasteiger partial charge on any atom is 0.339 e. The third-order valence-electron chi connectivity index (χ3n) is 3.06. The van der Waals surface area contributed by atoms with Gasteiger partial charge in [0.05, 0.1) is 0 Å². The van der Waals surface area contributed by atoms with Gasteiger partial charge in [0, 0.05) is 12.1 Å². The highest BCUT2D eigenvalue weighted by Crippen LogP contribution is 2.29. The van der Waals surface area contributed by atoms with Gasteiger partial charge in [-0.3, -0.25) is 0 Å². The van der Waals surface area contributed by atoms with Crippen LogP contribution in [0.1, 0.15) is 28.8 Å². The second-order valence-electron chi connectivity index (χ2n) is 4.30. The lowest BCUT2D eigenvalue weighted by molar-refractivity contribution is 0.0693. The van der Waals surface area contributed by atoms with E-state index in [1.807, 2.05) is 0 Å². The molecule has 0 saturated carbocycles. The smallest absolute Gasteiger partial charge is 0.339 e. The molecule has 4 N–H and O–H groups in total. The molecule has 0 radical (unpaired) electrons. The zero-order chi connectivity index (χ0) is 12.4. The fraction of sp³-hybridized carbons (Fsp3) is 0.417. The van der Waals surface area contributed by atoms with Crippen molar-refractivity contribution in [2.45, 2.75) is 25.3 Å². The Balaban J connectivity index is 2.26. The number of aromatic hydroxyl groups is 2. The Labute approximate surface area is 98.7 Å². The Hall–Kier alpha value is -1.75. The van der Waals surface area contributed by atoms with Gasteiger partial charge in [0.2, 0.25) is 0 Å². The van der Waals surface area contributed by atoms with Crippen LogP contribution in [-0.4, -0.2) is 33.9 Å². The summed E-state index contributed by atoms with van der Waals surface area (Å²) in [5.41, 5.74) is 0.385. The predicted octanol–water partition coefficient (Wildman–Crippen LogP) is 1.09. The molecule has 0 bridgehead atoms. The number of hydrogen-bond donors (Lipinski definition) is 4. The Morgan fingerprint density at radius 3 is 2.71 bits per heavy atom. The molecule has 1 aromatic rings. The van der Waals surface area contributed by atoms with Crippen LogP contribution in [0.25, 0.3) is 0 Å². The van der Waals surface area contributed by atoms with Gasteiger partial charge >= 0.3 is 5.97 Å². The first-order chi connectivity index (χ1) is 8.08. The fourth-order valence-electron chi connectivity index (χ4n) is 2.15. The third kappa shape index (κ3) is 2.50. The second-order valence-corrected chi connectivity index (χ2v) is 4.30. The van der Waals surface area contributed by atoms with Crippen molar-refractivity contribution in [3.8, 4) is 11.5 Å². The summed E-state index contributed by atoms with van der Waals surface area (Å²) < 4.78 is 0. The predicted molar refractivity (Wildman–Crippen MR) is 61.5 cm³/mol. The van der Waals surface area contributed by atoms with E-state index in [2.05, 4.69) is 5.32 Å². The summed E-state index contributed by atoms with van der Waals surface area (Å²) in [7, 11) is 0. The molecule has 1 heterocycles. The van der Waals surface area contributed by atoms with Crippen molar-refractivity contribution in [1.29, 1.82) is 0 Å². The molecule has 0 spiro atoms. The molecule has 17 heavy (non-hydrogen) atoms. The molecule has 1 aliphatic heterocycles.